The first kappa shape index (κ1) is 12.3. The minimum absolute atomic E-state index is 0. The average molecular weight is 236 g/mol. The molecule has 0 radical (unpaired) electrons. The molecule has 2 aromatic rings. The first-order valence-electron chi connectivity index (χ1n) is 4.80. The van der Waals surface area contributed by atoms with Gasteiger partial charge < -0.3 is 11.1 Å². The Morgan fingerprint density at radius 1 is 1.12 bits per heavy atom. The van der Waals surface area contributed by atoms with Gasteiger partial charge in [-0.3, -0.25) is 0 Å². The number of nitrogen functional groups attached to an aromatic ring is 1. The van der Waals surface area contributed by atoms with Crippen molar-refractivity contribution < 1.29 is 0 Å². The molecular weight excluding hydrogens is 222 g/mol. The molecule has 0 bridgehead atoms. The number of para-hydroxylation sites is 1. The fraction of sp³-hybridized carbons (Fsp3) is 0.0833. The zero-order valence-corrected chi connectivity index (χ0v) is 9.79. The number of pyridine rings is 1. The summed E-state index contributed by atoms with van der Waals surface area (Å²) in [6.07, 6.45) is 1.75. The molecule has 0 unspecified atom stereocenters. The first-order chi connectivity index (χ1) is 7.27. The molecule has 1 aromatic carbocycles. The van der Waals surface area contributed by atoms with Gasteiger partial charge in [0.15, 0.2) is 5.82 Å². The van der Waals surface area contributed by atoms with E-state index in [-0.39, 0.29) is 12.4 Å². The lowest BCUT2D eigenvalue weighted by molar-refractivity contribution is 1.28. The summed E-state index contributed by atoms with van der Waals surface area (Å²) in [5.74, 6) is 0.709. The third kappa shape index (κ3) is 2.64. The molecular formula is C12H14ClN3. The molecule has 0 aliphatic heterocycles. The molecule has 2 rings (SSSR count). The number of hydrogen-bond acceptors (Lipinski definition) is 3. The van der Waals surface area contributed by atoms with Crippen LogP contribution in [0.25, 0.3) is 0 Å². The number of aryl methyl sites for hydroxylation is 1. The lowest BCUT2D eigenvalue weighted by Crippen LogP contribution is -2.00. The van der Waals surface area contributed by atoms with E-state index in [1.54, 1.807) is 6.20 Å². The summed E-state index contributed by atoms with van der Waals surface area (Å²) in [4.78, 5) is 4.20. The van der Waals surface area contributed by atoms with E-state index in [0.717, 1.165) is 11.3 Å². The smallest absolute Gasteiger partial charge is 0.153 e. The molecule has 16 heavy (non-hydrogen) atoms. The molecule has 84 valence electrons. The molecule has 0 fully saturated rings. The van der Waals surface area contributed by atoms with Crippen molar-refractivity contribution in [2.24, 2.45) is 0 Å². The van der Waals surface area contributed by atoms with E-state index in [1.165, 1.54) is 0 Å². The second-order valence-corrected chi connectivity index (χ2v) is 3.38. The van der Waals surface area contributed by atoms with E-state index in [1.807, 2.05) is 43.3 Å². The van der Waals surface area contributed by atoms with Crippen LogP contribution in [0.15, 0.2) is 42.6 Å². The highest BCUT2D eigenvalue weighted by Gasteiger charge is 2.02. The molecule has 4 heteroatoms. The SMILES string of the molecule is Cc1ccnc(Nc2ccccc2)c1N.Cl. The molecule has 1 aromatic heterocycles. The van der Waals surface area contributed by atoms with E-state index in [9.17, 15) is 0 Å². The molecule has 0 spiro atoms. The monoisotopic (exact) mass is 235 g/mol. The number of nitrogens with one attached hydrogen (secondary N) is 1. The summed E-state index contributed by atoms with van der Waals surface area (Å²) in [6, 6.07) is 11.7. The van der Waals surface area contributed by atoms with E-state index < -0.39 is 0 Å². The van der Waals surface area contributed by atoms with Gasteiger partial charge in [0.25, 0.3) is 0 Å². The van der Waals surface area contributed by atoms with Crippen molar-refractivity contribution in [2.45, 2.75) is 6.92 Å². The highest BCUT2D eigenvalue weighted by atomic mass is 35.5. The molecule has 3 nitrogen and oxygen atoms in total. The van der Waals surface area contributed by atoms with E-state index in [2.05, 4.69) is 10.3 Å². The Balaban J connectivity index is 0.00000128. The third-order valence-corrected chi connectivity index (χ3v) is 2.24. The predicted octanol–water partition coefficient (Wildman–Crippen LogP) is 3.14. The Kier molecular flexibility index (Phi) is 4.14. The van der Waals surface area contributed by atoms with E-state index >= 15 is 0 Å². The van der Waals surface area contributed by atoms with Crippen molar-refractivity contribution in [1.29, 1.82) is 0 Å². The summed E-state index contributed by atoms with van der Waals surface area (Å²) in [5.41, 5.74) is 8.62. The van der Waals surface area contributed by atoms with Crippen molar-refractivity contribution >= 4 is 29.6 Å². The van der Waals surface area contributed by atoms with Gasteiger partial charge in [0.1, 0.15) is 0 Å². The Morgan fingerprint density at radius 3 is 2.50 bits per heavy atom. The second-order valence-electron chi connectivity index (χ2n) is 3.38. The molecule has 1 heterocycles. The van der Waals surface area contributed by atoms with Crippen molar-refractivity contribution in [3.8, 4) is 0 Å². The van der Waals surface area contributed by atoms with Crippen LogP contribution in [0, 0.1) is 6.92 Å². The number of nitrogens with two attached hydrogens (primary N) is 1. The maximum atomic E-state index is 5.91. The lowest BCUT2D eigenvalue weighted by Gasteiger charge is -2.09. The van der Waals surface area contributed by atoms with Gasteiger partial charge in [-0.25, -0.2) is 4.98 Å². The fourth-order valence-electron chi connectivity index (χ4n) is 1.33. The molecule has 3 N–H and O–H groups in total. The summed E-state index contributed by atoms with van der Waals surface area (Å²) in [7, 11) is 0. The van der Waals surface area contributed by atoms with Crippen molar-refractivity contribution in [3.63, 3.8) is 0 Å². The van der Waals surface area contributed by atoms with Gasteiger partial charge in [-0.15, -0.1) is 12.4 Å². The second kappa shape index (κ2) is 5.37. The maximum Gasteiger partial charge on any atom is 0.153 e. The maximum absolute atomic E-state index is 5.91. The number of benzene rings is 1. The summed E-state index contributed by atoms with van der Waals surface area (Å²) in [6.45, 7) is 1.97. The zero-order chi connectivity index (χ0) is 10.7. The highest BCUT2D eigenvalue weighted by Crippen LogP contribution is 2.22. The largest absolute Gasteiger partial charge is 0.396 e. The zero-order valence-electron chi connectivity index (χ0n) is 8.97. The number of anilines is 3. The number of aromatic nitrogens is 1. The van der Waals surface area contributed by atoms with Gasteiger partial charge in [0.05, 0.1) is 5.69 Å². The Bertz CT molecular complexity index is 457. The number of nitrogens with zero attached hydrogens (tertiary/aromatic N) is 1. The normalized spacial score (nSPS) is 9.31. The van der Waals surface area contributed by atoms with Crippen molar-refractivity contribution in [3.05, 3.63) is 48.2 Å². The van der Waals surface area contributed by atoms with Gasteiger partial charge in [0.2, 0.25) is 0 Å². The van der Waals surface area contributed by atoms with Crippen molar-refractivity contribution in [1.82, 2.24) is 4.98 Å². The van der Waals surface area contributed by atoms with E-state index in [0.29, 0.717) is 11.5 Å². The standard InChI is InChI=1S/C12H13N3.ClH/c1-9-7-8-14-12(11(9)13)15-10-5-3-2-4-6-10;/h2-8H,13H2,1H3,(H,14,15);1H. The van der Waals surface area contributed by atoms with Crippen LogP contribution >= 0.6 is 12.4 Å². The van der Waals surface area contributed by atoms with Gasteiger partial charge in [-0.1, -0.05) is 18.2 Å². The highest BCUT2D eigenvalue weighted by molar-refractivity contribution is 5.85. The molecule has 0 amide bonds. The van der Waals surface area contributed by atoms with Crippen LogP contribution in [0.4, 0.5) is 17.2 Å². The van der Waals surface area contributed by atoms with Crippen LogP contribution in [0.1, 0.15) is 5.56 Å². The lowest BCUT2D eigenvalue weighted by atomic mass is 10.2. The Hall–Kier alpha value is -1.74. The minimum atomic E-state index is 0. The quantitative estimate of drug-likeness (QED) is 0.841. The van der Waals surface area contributed by atoms with Crippen LogP contribution in [-0.4, -0.2) is 4.98 Å². The molecule has 0 atom stereocenters. The van der Waals surface area contributed by atoms with Crippen LogP contribution in [0.3, 0.4) is 0 Å². The van der Waals surface area contributed by atoms with Crippen LogP contribution in [0.5, 0.6) is 0 Å². The van der Waals surface area contributed by atoms with E-state index in [4.69, 9.17) is 5.73 Å². The Labute approximate surface area is 101 Å². The number of hydrogen-bond donors (Lipinski definition) is 2. The summed E-state index contributed by atoms with van der Waals surface area (Å²) >= 11 is 0. The summed E-state index contributed by atoms with van der Waals surface area (Å²) in [5, 5.41) is 3.18. The minimum Gasteiger partial charge on any atom is -0.396 e. The molecule has 0 aliphatic carbocycles. The summed E-state index contributed by atoms with van der Waals surface area (Å²) < 4.78 is 0. The van der Waals surface area contributed by atoms with Gasteiger partial charge in [0, 0.05) is 11.9 Å². The van der Waals surface area contributed by atoms with Crippen molar-refractivity contribution in [2.75, 3.05) is 11.1 Å². The average Bonchev–Trinajstić information content (AvgIpc) is 2.26. The Morgan fingerprint density at radius 2 is 1.81 bits per heavy atom. The molecule has 0 saturated heterocycles. The number of rotatable bonds is 2. The fourth-order valence-corrected chi connectivity index (χ4v) is 1.33. The van der Waals surface area contributed by atoms with Gasteiger partial charge >= 0.3 is 0 Å². The predicted molar refractivity (Wildman–Crippen MR) is 70.4 cm³/mol. The topological polar surface area (TPSA) is 50.9 Å². The van der Waals surface area contributed by atoms with Crippen LogP contribution in [0.2, 0.25) is 0 Å². The third-order valence-electron chi connectivity index (χ3n) is 2.24. The van der Waals surface area contributed by atoms with Gasteiger partial charge in [-0.05, 0) is 30.7 Å². The van der Waals surface area contributed by atoms with Crippen LogP contribution < -0.4 is 11.1 Å². The van der Waals surface area contributed by atoms with Gasteiger partial charge in [-0.2, -0.15) is 0 Å². The van der Waals surface area contributed by atoms with Crippen LogP contribution in [-0.2, 0) is 0 Å². The first-order valence-corrected chi connectivity index (χ1v) is 4.80. The molecule has 0 saturated carbocycles. The number of halogens is 1. The molecule has 0 aliphatic rings.